The van der Waals surface area contributed by atoms with Gasteiger partial charge in [-0.1, -0.05) is 12.1 Å². The van der Waals surface area contributed by atoms with Gasteiger partial charge in [0.25, 0.3) is 0 Å². The average molecular weight is 358 g/mol. The third-order valence-electron chi connectivity index (χ3n) is 4.75. The number of phenols is 2. The quantitative estimate of drug-likeness (QED) is 0.773. The van der Waals surface area contributed by atoms with Crippen molar-refractivity contribution in [2.24, 2.45) is 11.8 Å². The van der Waals surface area contributed by atoms with Gasteiger partial charge in [0.2, 0.25) is 0 Å². The summed E-state index contributed by atoms with van der Waals surface area (Å²) in [6, 6.07) is 10.3. The fourth-order valence-corrected chi connectivity index (χ4v) is 3.32. The fourth-order valence-electron chi connectivity index (χ4n) is 3.32. The molecule has 2 N–H and O–H groups in total. The van der Waals surface area contributed by atoms with Crippen LogP contribution in [0, 0.1) is 11.8 Å². The van der Waals surface area contributed by atoms with Crippen LogP contribution in [-0.4, -0.2) is 37.0 Å². The molecule has 1 heterocycles. The maximum absolute atomic E-state index is 12.2. The van der Waals surface area contributed by atoms with E-state index in [1.54, 1.807) is 24.3 Å². The molecule has 2 aromatic rings. The van der Waals surface area contributed by atoms with Crippen molar-refractivity contribution in [2.45, 2.75) is 12.8 Å². The number of benzene rings is 2. The van der Waals surface area contributed by atoms with Crippen LogP contribution in [0.25, 0.3) is 0 Å². The Kier molecular flexibility index (Phi) is 5.21. The van der Waals surface area contributed by atoms with Crippen LogP contribution in [0.1, 0.15) is 11.1 Å². The molecule has 3 rings (SSSR count). The highest BCUT2D eigenvalue weighted by molar-refractivity contribution is 5.75. The van der Waals surface area contributed by atoms with Crippen LogP contribution in [0.3, 0.4) is 0 Å². The van der Waals surface area contributed by atoms with Crippen LogP contribution in [0.5, 0.6) is 23.0 Å². The molecule has 0 aliphatic carbocycles. The van der Waals surface area contributed by atoms with Gasteiger partial charge in [-0.3, -0.25) is 4.79 Å². The van der Waals surface area contributed by atoms with Gasteiger partial charge in [0, 0.05) is 5.92 Å². The number of carbonyl (C=O) groups is 1. The molecule has 138 valence electrons. The molecule has 1 fully saturated rings. The summed E-state index contributed by atoms with van der Waals surface area (Å²) in [4.78, 5) is 12.2. The van der Waals surface area contributed by atoms with Gasteiger partial charge in [-0.25, -0.2) is 0 Å². The molecule has 0 amide bonds. The highest BCUT2D eigenvalue weighted by atomic mass is 16.5. The van der Waals surface area contributed by atoms with Crippen molar-refractivity contribution in [1.82, 2.24) is 0 Å². The molecule has 1 aliphatic rings. The van der Waals surface area contributed by atoms with Crippen molar-refractivity contribution in [1.29, 1.82) is 0 Å². The number of hydrogen-bond acceptors (Lipinski definition) is 6. The molecule has 6 heteroatoms. The van der Waals surface area contributed by atoms with Crippen LogP contribution in [0.4, 0.5) is 0 Å². The lowest BCUT2D eigenvalue weighted by molar-refractivity contribution is -0.141. The molecular formula is C20H22O6. The Balaban J connectivity index is 1.75. The fraction of sp³-hybridized carbons (Fsp3) is 0.350. The Hall–Kier alpha value is -2.89. The molecule has 0 unspecified atom stereocenters. The Morgan fingerprint density at radius 1 is 0.962 bits per heavy atom. The van der Waals surface area contributed by atoms with Gasteiger partial charge in [0.15, 0.2) is 23.0 Å². The van der Waals surface area contributed by atoms with Gasteiger partial charge in [0.1, 0.15) is 0 Å². The summed E-state index contributed by atoms with van der Waals surface area (Å²) in [5.74, 6) is 0.441. The van der Waals surface area contributed by atoms with Gasteiger partial charge in [-0.15, -0.1) is 0 Å². The summed E-state index contributed by atoms with van der Waals surface area (Å²) < 4.78 is 15.5. The number of phenolic OH excluding ortho intramolecular Hbond substituents is 2. The van der Waals surface area contributed by atoms with Gasteiger partial charge >= 0.3 is 5.97 Å². The maximum Gasteiger partial charge on any atom is 0.309 e. The number of esters is 1. The van der Waals surface area contributed by atoms with Crippen molar-refractivity contribution in [2.75, 3.05) is 20.8 Å². The highest BCUT2D eigenvalue weighted by Crippen LogP contribution is 2.34. The van der Waals surface area contributed by atoms with Crippen molar-refractivity contribution >= 4 is 5.97 Å². The largest absolute Gasteiger partial charge is 0.504 e. The Bertz CT molecular complexity index is 801. The monoisotopic (exact) mass is 358 g/mol. The van der Waals surface area contributed by atoms with Crippen molar-refractivity contribution in [3.05, 3.63) is 47.5 Å². The van der Waals surface area contributed by atoms with E-state index in [9.17, 15) is 15.0 Å². The zero-order chi connectivity index (χ0) is 18.7. The van der Waals surface area contributed by atoms with E-state index in [0.29, 0.717) is 30.9 Å². The topological polar surface area (TPSA) is 85.2 Å². The van der Waals surface area contributed by atoms with E-state index >= 15 is 0 Å². The number of ether oxygens (including phenoxy) is 3. The summed E-state index contributed by atoms with van der Waals surface area (Å²) in [6.45, 7) is 0.356. The van der Waals surface area contributed by atoms with E-state index in [2.05, 4.69) is 0 Å². The molecule has 2 aromatic carbocycles. The third kappa shape index (κ3) is 3.69. The zero-order valence-corrected chi connectivity index (χ0v) is 14.8. The summed E-state index contributed by atoms with van der Waals surface area (Å²) in [6.07, 6.45) is 1.12. The van der Waals surface area contributed by atoms with Crippen LogP contribution in [-0.2, 0) is 22.4 Å². The van der Waals surface area contributed by atoms with Gasteiger partial charge in [0.05, 0.1) is 26.7 Å². The molecule has 0 saturated carbocycles. The van der Waals surface area contributed by atoms with Crippen LogP contribution < -0.4 is 9.47 Å². The van der Waals surface area contributed by atoms with Crippen LogP contribution >= 0.6 is 0 Å². The number of methoxy groups -OCH3 is 2. The molecule has 0 bridgehead atoms. The third-order valence-corrected chi connectivity index (χ3v) is 4.75. The standard InChI is InChI=1S/C20H22O6/c1-24-18-6-4-13(9-17(18)22)8-15-14(11-26-20(15)23)7-12-3-5-16(21)19(10-12)25-2/h3-6,9-10,14-15,21-22H,7-8,11H2,1-2H3/t14-,15+/m0/s1. The van der Waals surface area contributed by atoms with E-state index in [-0.39, 0.29) is 29.3 Å². The second-order valence-electron chi connectivity index (χ2n) is 6.42. The van der Waals surface area contributed by atoms with Crippen molar-refractivity contribution in [3.8, 4) is 23.0 Å². The normalized spacial score (nSPS) is 19.2. The minimum Gasteiger partial charge on any atom is -0.504 e. The number of aromatic hydroxyl groups is 2. The van der Waals surface area contributed by atoms with Gasteiger partial charge < -0.3 is 24.4 Å². The summed E-state index contributed by atoms with van der Waals surface area (Å²) in [5, 5.41) is 19.7. The molecule has 0 spiro atoms. The molecule has 0 aromatic heterocycles. The lowest BCUT2D eigenvalue weighted by Gasteiger charge is -2.16. The second-order valence-corrected chi connectivity index (χ2v) is 6.42. The summed E-state index contributed by atoms with van der Waals surface area (Å²) in [7, 11) is 2.99. The molecule has 1 saturated heterocycles. The Morgan fingerprint density at radius 3 is 2.35 bits per heavy atom. The van der Waals surface area contributed by atoms with E-state index in [1.165, 1.54) is 14.2 Å². The minimum absolute atomic E-state index is 0.0148. The predicted octanol–water partition coefficient (Wildman–Crippen LogP) is 2.69. The summed E-state index contributed by atoms with van der Waals surface area (Å²) in [5.41, 5.74) is 1.81. The first-order valence-electron chi connectivity index (χ1n) is 8.40. The van der Waals surface area contributed by atoms with E-state index < -0.39 is 0 Å². The Morgan fingerprint density at radius 2 is 1.65 bits per heavy atom. The Labute approximate surface area is 151 Å². The summed E-state index contributed by atoms with van der Waals surface area (Å²) >= 11 is 0. The molecule has 1 aliphatic heterocycles. The lowest BCUT2D eigenvalue weighted by Crippen LogP contribution is -2.20. The molecule has 0 radical (unpaired) electrons. The van der Waals surface area contributed by atoms with Gasteiger partial charge in [-0.2, -0.15) is 0 Å². The van der Waals surface area contributed by atoms with E-state index in [4.69, 9.17) is 14.2 Å². The van der Waals surface area contributed by atoms with E-state index in [0.717, 1.165) is 11.1 Å². The van der Waals surface area contributed by atoms with E-state index in [1.807, 2.05) is 12.1 Å². The predicted molar refractivity (Wildman–Crippen MR) is 94.7 cm³/mol. The second kappa shape index (κ2) is 7.56. The first-order valence-corrected chi connectivity index (χ1v) is 8.40. The minimum atomic E-state index is -0.289. The SMILES string of the molecule is COc1ccc(C[C@H]2C(=O)OC[C@@H]2Cc2ccc(O)c(OC)c2)cc1O. The van der Waals surface area contributed by atoms with Crippen LogP contribution in [0.2, 0.25) is 0 Å². The lowest BCUT2D eigenvalue weighted by atomic mass is 9.85. The molecule has 2 atom stereocenters. The van der Waals surface area contributed by atoms with Crippen molar-refractivity contribution < 1.29 is 29.2 Å². The van der Waals surface area contributed by atoms with Gasteiger partial charge in [-0.05, 0) is 48.2 Å². The average Bonchev–Trinajstić information content (AvgIpc) is 2.97. The molecule has 6 nitrogen and oxygen atoms in total. The number of carbonyl (C=O) groups excluding carboxylic acids is 1. The number of rotatable bonds is 6. The zero-order valence-electron chi connectivity index (χ0n) is 14.8. The first kappa shape index (κ1) is 17.9. The first-order chi connectivity index (χ1) is 12.5. The number of cyclic esters (lactones) is 1. The van der Waals surface area contributed by atoms with Crippen molar-refractivity contribution in [3.63, 3.8) is 0 Å². The number of hydrogen-bond donors (Lipinski definition) is 2. The molecular weight excluding hydrogens is 336 g/mol. The highest BCUT2D eigenvalue weighted by Gasteiger charge is 2.37. The molecule has 26 heavy (non-hydrogen) atoms. The van der Waals surface area contributed by atoms with Crippen LogP contribution in [0.15, 0.2) is 36.4 Å². The smallest absolute Gasteiger partial charge is 0.309 e. The maximum atomic E-state index is 12.2.